The number of benzene rings is 1. The maximum Gasteiger partial charge on any atom is 0.125 e. The molecule has 80 valence electrons. The van der Waals surface area contributed by atoms with Crippen molar-refractivity contribution >= 4 is 5.69 Å². The van der Waals surface area contributed by atoms with Gasteiger partial charge in [-0.15, -0.1) is 0 Å². The van der Waals surface area contributed by atoms with E-state index >= 15 is 0 Å². The Morgan fingerprint density at radius 1 is 1.36 bits per heavy atom. The summed E-state index contributed by atoms with van der Waals surface area (Å²) in [6.45, 7) is 1.74. The van der Waals surface area contributed by atoms with Crippen LogP contribution in [-0.2, 0) is 0 Å². The van der Waals surface area contributed by atoms with E-state index in [1.165, 1.54) is 12.1 Å². The van der Waals surface area contributed by atoms with Crippen LogP contribution in [0.5, 0.6) is 0 Å². The van der Waals surface area contributed by atoms with E-state index in [0.717, 1.165) is 13.1 Å². The minimum atomic E-state index is -0.287. The van der Waals surface area contributed by atoms with Crippen molar-refractivity contribution < 1.29 is 4.39 Å². The molecule has 0 aliphatic rings. The lowest BCUT2D eigenvalue weighted by Gasteiger charge is -2.03. The summed E-state index contributed by atoms with van der Waals surface area (Å²) in [4.78, 5) is 2.06. The topological polar surface area (TPSA) is 55.3 Å². The monoisotopic (exact) mass is 199 g/mol. The third kappa shape index (κ3) is 7.52. The van der Waals surface area contributed by atoms with Crippen molar-refractivity contribution in [2.24, 2.45) is 5.73 Å². The molecule has 0 aliphatic carbocycles. The quantitative estimate of drug-likeness (QED) is 0.696. The molecule has 4 N–H and O–H groups in total. The van der Waals surface area contributed by atoms with E-state index in [-0.39, 0.29) is 5.82 Å². The van der Waals surface area contributed by atoms with Gasteiger partial charge in [0.05, 0.1) is 0 Å². The second kappa shape index (κ2) is 7.29. The van der Waals surface area contributed by atoms with Crippen molar-refractivity contribution in [1.82, 2.24) is 4.90 Å². The lowest BCUT2D eigenvalue weighted by molar-refractivity contribution is 0.420. The molecule has 0 unspecified atom stereocenters. The highest BCUT2D eigenvalue weighted by atomic mass is 19.1. The molecule has 0 atom stereocenters. The third-order valence-corrected chi connectivity index (χ3v) is 1.42. The Morgan fingerprint density at radius 2 is 2.00 bits per heavy atom. The molecule has 4 heteroatoms. The first-order valence-electron chi connectivity index (χ1n) is 4.42. The number of hydrogen-bond donors (Lipinski definition) is 2. The van der Waals surface area contributed by atoms with Crippen molar-refractivity contribution in [3.63, 3.8) is 0 Å². The molecule has 0 spiro atoms. The summed E-state index contributed by atoms with van der Waals surface area (Å²) in [6, 6.07) is 5.85. The molecule has 3 nitrogen and oxygen atoms in total. The Balaban J connectivity index is 0.000000255. The van der Waals surface area contributed by atoms with Gasteiger partial charge in [-0.05, 0) is 32.3 Å². The van der Waals surface area contributed by atoms with Gasteiger partial charge >= 0.3 is 0 Å². The molecule has 1 aromatic carbocycles. The van der Waals surface area contributed by atoms with Gasteiger partial charge in [-0.3, -0.25) is 0 Å². The summed E-state index contributed by atoms with van der Waals surface area (Å²) in [5.74, 6) is -0.287. The predicted octanol–water partition coefficient (Wildman–Crippen LogP) is 0.915. The molecular weight excluding hydrogens is 181 g/mol. The molecule has 0 saturated carbocycles. The second-order valence-corrected chi connectivity index (χ2v) is 3.15. The smallest absolute Gasteiger partial charge is 0.125 e. The Labute approximate surface area is 84.5 Å². The number of rotatable bonds is 2. The van der Waals surface area contributed by atoms with E-state index in [4.69, 9.17) is 11.5 Å². The van der Waals surface area contributed by atoms with Gasteiger partial charge in [0.1, 0.15) is 5.82 Å². The van der Waals surface area contributed by atoms with E-state index in [0.29, 0.717) is 5.69 Å². The molecule has 0 heterocycles. The molecule has 0 amide bonds. The highest BCUT2D eigenvalue weighted by Crippen LogP contribution is 2.02. The van der Waals surface area contributed by atoms with Gasteiger partial charge in [0, 0.05) is 18.8 Å². The van der Waals surface area contributed by atoms with Crippen molar-refractivity contribution in [2.75, 3.05) is 32.9 Å². The van der Waals surface area contributed by atoms with Crippen molar-refractivity contribution in [1.29, 1.82) is 0 Å². The minimum Gasteiger partial charge on any atom is -0.399 e. The highest BCUT2D eigenvalue weighted by Gasteiger charge is 1.85. The standard InChI is InChI=1S/C6H6FN.C4H12N2/c7-5-2-1-3-6(8)4-5;1-6(2)4-3-5/h1-4H,8H2;3-5H2,1-2H3. The number of nitrogens with two attached hydrogens (primary N) is 2. The highest BCUT2D eigenvalue weighted by molar-refractivity contribution is 5.36. The molecule has 1 aromatic rings. The Morgan fingerprint density at radius 3 is 2.21 bits per heavy atom. The number of likely N-dealkylation sites (N-methyl/N-ethyl adjacent to an activating group) is 1. The Hall–Kier alpha value is -1.13. The summed E-state index contributed by atoms with van der Waals surface area (Å²) in [5, 5.41) is 0. The summed E-state index contributed by atoms with van der Waals surface area (Å²) in [7, 11) is 4.01. The van der Waals surface area contributed by atoms with Gasteiger partial charge in [-0.2, -0.15) is 0 Å². The second-order valence-electron chi connectivity index (χ2n) is 3.15. The fourth-order valence-corrected chi connectivity index (χ4v) is 0.765. The Bertz CT molecular complexity index is 234. The van der Waals surface area contributed by atoms with Gasteiger partial charge < -0.3 is 16.4 Å². The van der Waals surface area contributed by atoms with Crippen molar-refractivity contribution in [2.45, 2.75) is 0 Å². The zero-order chi connectivity index (χ0) is 11.0. The van der Waals surface area contributed by atoms with Crippen LogP contribution in [-0.4, -0.2) is 32.1 Å². The van der Waals surface area contributed by atoms with Crippen LogP contribution in [0, 0.1) is 5.82 Å². The van der Waals surface area contributed by atoms with Crippen LogP contribution in [0.25, 0.3) is 0 Å². The average molecular weight is 199 g/mol. The molecule has 0 bridgehead atoms. The minimum absolute atomic E-state index is 0.287. The van der Waals surface area contributed by atoms with E-state index < -0.39 is 0 Å². The fraction of sp³-hybridized carbons (Fsp3) is 0.400. The number of nitrogens with zero attached hydrogens (tertiary/aromatic N) is 1. The van der Waals surface area contributed by atoms with Gasteiger partial charge in [0.15, 0.2) is 0 Å². The maximum absolute atomic E-state index is 12.1. The molecule has 0 saturated heterocycles. The molecule has 0 aromatic heterocycles. The SMILES string of the molecule is CN(C)CCN.Nc1cccc(F)c1. The maximum atomic E-state index is 12.1. The summed E-state index contributed by atoms with van der Waals surface area (Å²) in [6.07, 6.45) is 0. The van der Waals surface area contributed by atoms with E-state index in [1.54, 1.807) is 12.1 Å². The zero-order valence-corrected chi connectivity index (χ0v) is 8.70. The molecule has 1 rings (SSSR count). The molecular formula is C10H18FN3. The lowest BCUT2D eigenvalue weighted by atomic mass is 10.3. The number of halogens is 1. The van der Waals surface area contributed by atoms with Crippen LogP contribution in [0.2, 0.25) is 0 Å². The van der Waals surface area contributed by atoms with Crippen molar-refractivity contribution in [3.05, 3.63) is 30.1 Å². The Kier molecular flexibility index (Phi) is 6.70. The van der Waals surface area contributed by atoms with E-state index in [1.807, 2.05) is 14.1 Å². The van der Waals surface area contributed by atoms with E-state index in [9.17, 15) is 4.39 Å². The summed E-state index contributed by atoms with van der Waals surface area (Å²) < 4.78 is 12.1. The largest absolute Gasteiger partial charge is 0.399 e. The third-order valence-electron chi connectivity index (χ3n) is 1.42. The summed E-state index contributed by atoms with van der Waals surface area (Å²) in [5.41, 5.74) is 10.9. The van der Waals surface area contributed by atoms with Crippen LogP contribution in [0.1, 0.15) is 0 Å². The fourth-order valence-electron chi connectivity index (χ4n) is 0.765. The molecule has 0 radical (unpaired) electrons. The first-order valence-corrected chi connectivity index (χ1v) is 4.42. The first-order chi connectivity index (χ1) is 6.56. The van der Waals surface area contributed by atoms with Crippen LogP contribution in [0.15, 0.2) is 24.3 Å². The van der Waals surface area contributed by atoms with Gasteiger partial charge in [-0.25, -0.2) is 4.39 Å². The first kappa shape index (κ1) is 12.9. The normalized spacial score (nSPS) is 9.50. The van der Waals surface area contributed by atoms with Crippen LogP contribution < -0.4 is 11.5 Å². The van der Waals surface area contributed by atoms with Gasteiger partial charge in [0.2, 0.25) is 0 Å². The number of anilines is 1. The lowest BCUT2D eigenvalue weighted by Crippen LogP contribution is -2.20. The molecule has 0 aliphatic heterocycles. The van der Waals surface area contributed by atoms with Crippen LogP contribution in [0.4, 0.5) is 10.1 Å². The zero-order valence-electron chi connectivity index (χ0n) is 8.70. The van der Waals surface area contributed by atoms with Crippen LogP contribution in [0.3, 0.4) is 0 Å². The van der Waals surface area contributed by atoms with Crippen molar-refractivity contribution in [3.8, 4) is 0 Å². The van der Waals surface area contributed by atoms with Crippen LogP contribution >= 0.6 is 0 Å². The average Bonchev–Trinajstić information content (AvgIpc) is 2.03. The molecule has 0 fully saturated rings. The predicted molar refractivity (Wildman–Crippen MR) is 58.4 cm³/mol. The number of nitrogen functional groups attached to an aromatic ring is 1. The van der Waals surface area contributed by atoms with E-state index in [2.05, 4.69) is 4.90 Å². The van der Waals surface area contributed by atoms with Gasteiger partial charge in [0.25, 0.3) is 0 Å². The molecule has 14 heavy (non-hydrogen) atoms. The number of hydrogen-bond acceptors (Lipinski definition) is 3. The van der Waals surface area contributed by atoms with Gasteiger partial charge in [-0.1, -0.05) is 6.07 Å². The summed E-state index contributed by atoms with van der Waals surface area (Å²) >= 11 is 0.